The third-order valence-corrected chi connectivity index (χ3v) is 3.79. The highest BCUT2D eigenvalue weighted by atomic mass is 16.5. The molecule has 2 aromatic rings. The van der Waals surface area contributed by atoms with E-state index in [9.17, 15) is 4.79 Å². The summed E-state index contributed by atoms with van der Waals surface area (Å²) in [6.07, 6.45) is 0.944. The van der Waals surface area contributed by atoms with Gasteiger partial charge in [-0.15, -0.1) is 10.2 Å². The molecular weight excluding hydrogens is 282 g/mol. The van der Waals surface area contributed by atoms with Gasteiger partial charge in [0.1, 0.15) is 5.75 Å². The number of carbonyl (C=O) groups excluding carboxylic acids is 1. The summed E-state index contributed by atoms with van der Waals surface area (Å²) >= 11 is 0. The summed E-state index contributed by atoms with van der Waals surface area (Å²) in [6, 6.07) is 9.58. The second kappa shape index (κ2) is 6.01. The van der Waals surface area contributed by atoms with E-state index in [2.05, 4.69) is 32.0 Å². The quantitative estimate of drug-likeness (QED) is 0.806. The largest absolute Gasteiger partial charge is 0.497 e. The van der Waals surface area contributed by atoms with Crippen LogP contribution in [0.15, 0.2) is 30.3 Å². The molecule has 0 spiro atoms. The Morgan fingerprint density at radius 2 is 2.00 bits per heavy atom. The Labute approximate surface area is 128 Å². The summed E-state index contributed by atoms with van der Waals surface area (Å²) in [4.78, 5) is 13.5. The Morgan fingerprint density at radius 1 is 1.14 bits per heavy atom. The molecule has 0 bridgehead atoms. The number of methoxy groups -OCH3 is 2. The van der Waals surface area contributed by atoms with Crippen LogP contribution in [-0.4, -0.2) is 36.9 Å². The predicted octanol–water partition coefficient (Wildman–Crippen LogP) is 1.83. The van der Waals surface area contributed by atoms with Gasteiger partial charge >= 0.3 is 5.97 Å². The molecule has 0 saturated heterocycles. The lowest BCUT2D eigenvalue weighted by atomic mass is 9.99. The number of anilines is 1. The highest BCUT2D eigenvalue weighted by Crippen LogP contribution is 2.26. The average molecular weight is 299 g/mol. The molecule has 114 valence electrons. The molecule has 0 atom stereocenters. The molecule has 0 unspecified atom stereocenters. The fourth-order valence-electron chi connectivity index (χ4n) is 2.56. The minimum absolute atomic E-state index is 0.213. The molecule has 0 saturated carbocycles. The van der Waals surface area contributed by atoms with Crippen LogP contribution in [0.3, 0.4) is 0 Å². The number of hydrogen-bond acceptors (Lipinski definition) is 6. The molecule has 6 heteroatoms. The van der Waals surface area contributed by atoms with Gasteiger partial charge in [-0.3, -0.25) is 0 Å². The fourth-order valence-corrected chi connectivity index (χ4v) is 2.56. The van der Waals surface area contributed by atoms with E-state index in [1.165, 1.54) is 18.2 Å². The molecule has 0 fully saturated rings. The summed E-state index contributed by atoms with van der Waals surface area (Å²) in [5.41, 5.74) is 2.77. The van der Waals surface area contributed by atoms with E-state index in [4.69, 9.17) is 4.74 Å². The van der Waals surface area contributed by atoms with Crippen molar-refractivity contribution >= 4 is 11.8 Å². The van der Waals surface area contributed by atoms with E-state index in [1.807, 2.05) is 6.07 Å². The lowest BCUT2D eigenvalue weighted by Crippen LogP contribution is -2.31. The van der Waals surface area contributed by atoms with E-state index in [-0.39, 0.29) is 5.69 Å². The van der Waals surface area contributed by atoms with Crippen molar-refractivity contribution in [2.45, 2.75) is 13.0 Å². The number of aromatic nitrogens is 2. The zero-order valence-electron chi connectivity index (χ0n) is 12.6. The SMILES string of the molecule is COC(=O)c1ccc(N2CCc3ccc(OC)cc3C2)nn1. The summed E-state index contributed by atoms with van der Waals surface area (Å²) in [7, 11) is 2.99. The van der Waals surface area contributed by atoms with E-state index >= 15 is 0 Å². The van der Waals surface area contributed by atoms with Crippen LogP contribution in [0.4, 0.5) is 5.82 Å². The second-order valence-corrected chi connectivity index (χ2v) is 5.07. The first-order valence-electron chi connectivity index (χ1n) is 7.04. The Balaban J connectivity index is 1.80. The van der Waals surface area contributed by atoms with Gasteiger partial charge in [-0.1, -0.05) is 6.07 Å². The van der Waals surface area contributed by atoms with Crippen molar-refractivity contribution in [3.8, 4) is 5.75 Å². The third kappa shape index (κ3) is 2.72. The van der Waals surface area contributed by atoms with Gasteiger partial charge in [-0.2, -0.15) is 0 Å². The Bertz CT molecular complexity index is 686. The maximum Gasteiger partial charge on any atom is 0.358 e. The van der Waals surface area contributed by atoms with Gasteiger partial charge in [0.15, 0.2) is 11.5 Å². The minimum atomic E-state index is -0.479. The Morgan fingerprint density at radius 3 is 2.68 bits per heavy atom. The lowest BCUT2D eigenvalue weighted by Gasteiger charge is -2.29. The van der Waals surface area contributed by atoms with Crippen LogP contribution in [-0.2, 0) is 17.7 Å². The number of ether oxygens (including phenoxy) is 2. The van der Waals surface area contributed by atoms with E-state index < -0.39 is 5.97 Å². The normalized spacial score (nSPS) is 13.5. The second-order valence-electron chi connectivity index (χ2n) is 5.07. The average Bonchev–Trinajstić information content (AvgIpc) is 2.60. The minimum Gasteiger partial charge on any atom is -0.497 e. The molecule has 3 rings (SSSR count). The van der Waals surface area contributed by atoms with E-state index in [0.29, 0.717) is 0 Å². The lowest BCUT2D eigenvalue weighted by molar-refractivity contribution is 0.0592. The monoisotopic (exact) mass is 299 g/mol. The summed E-state index contributed by atoms with van der Waals surface area (Å²) in [5, 5.41) is 8.05. The summed E-state index contributed by atoms with van der Waals surface area (Å²) in [6.45, 7) is 1.62. The first-order valence-corrected chi connectivity index (χ1v) is 7.04. The number of hydrogen-bond donors (Lipinski definition) is 0. The van der Waals surface area contributed by atoms with Gasteiger partial charge < -0.3 is 14.4 Å². The Kier molecular flexibility index (Phi) is 3.91. The number of carbonyl (C=O) groups is 1. The molecule has 0 radical (unpaired) electrons. The molecule has 0 N–H and O–H groups in total. The van der Waals surface area contributed by atoms with E-state index in [0.717, 1.165) is 31.1 Å². The number of fused-ring (bicyclic) bond motifs is 1. The van der Waals surface area contributed by atoms with Crippen molar-refractivity contribution in [1.82, 2.24) is 10.2 Å². The van der Waals surface area contributed by atoms with Crippen molar-refractivity contribution in [2.24, 2.45) is 0 Å². The van der Waals surface area contributed by atoms with Gasteiger partial charge in [0.25, 0.3) is 0 Å². The van der Waals surface area contributed by atoms with Crippen molar-refractivity contribution < 1.29 is 14.3 Å². The zero-order chi connectivity index (χ0) is 15.5. The molecular formula is C16H17N3O3. The smallest absolute Gasteiger partial charge is 0.358 e. The predicted molar refractivity (Wildman–Crippen MR) is 81.1 cm³/mol. The van der Waals surface area contributed by atoms with Crippen molar-refractivity contribution in [3.05, 3.63) is 47.2 Å². The molecule has 1 aromatic carbocycles. The molecule has 1 aliphatic rings. The maximum absolute atomic E-state index is 11.4. The summed E-state index contributed by atoms with van der Waals surface area (Å²) in [5.74, 6) is 1.13. The van der Waals surface area contributed by atoms with Crippen LogP contribution in [0.2, 0.25) is 0 Å². The van der Waals surface area contributed by atoms with Gasteiger partial charge in [0.2, 0.25) is 0 Å². The molecule has 0 amide bonds. The van der Waals surface area contributed by atoms with Gasteiger partial charge in [0.05, 0.1) is 14.2 Å². The van der Waals surface area contributed by atoms with Crippen molar-refractivity contribution in [3.63, 3.8) is 0 Å². The van der Waals surface area contributed by atoms with Crippen LogP contribution in [0.5, 0.6) is 5.75 Å². The van der Waals surface area contributed by atoms with Crippen molar-refractivity contribution in [1.29, 1.82) is 0 Å². The van der Waals surface area contributed by atoms with Crippen molar-refractivity contribution in [2.75, 3.05) is 25.7 Å². The number of esters is 1. The molecule has 1 aromatic heterocycles. The molecule has 2 heterocycles. The van der Waals surface area contributed by atoms with Crippen LogP contribution >= 0.6 is 0 Å². The van der Waals surface area contributed by atoms with Gasteiger partial charge in [0, 0.05) is 13.1 Å². The van der Waals surface area contributed by atoms with Gasteiger partial charge in [-0.05, 0) is 41.8 Å². The molecule has 0 aliphatic carbocycles. The first-order chi connectivity index (χ1) is 10.7. The maximum atomic E-state index is 11.4. The third-order valence-electron chi connectivity index (χ3n) is 3.79. The number of benzene rings is 1. The topological polar surface area (TPSA) is 64.5 Å². The van der Waals surface area contributed by atoms with Gasteiger partial charge in [-0.25, -0.2) is 4.79 Å². The highest BCUT2D eigenvalue weighted by molar-refractivity contribution is 5.86. The first kappa shape index (κ1) is 14.3. The van der Waals surface area contributed by atoms with Crippen LogP contribution in [0, 0.1) is 0 Å². The molecule has 1 aliphatic heterocycles. The standard InChI is InChI=1S/C16H17N3O3/c1-21-13-4-3-11-7-8-19(10-12(11)9-13)15-6-5-14(17-18-15)16(20)22-2/h3-6,9H,7-8,10H2,1-2H3. The highest BCUT2D eigenvalue weighted by Gasteiger charge is 2.19. The van der Waals surface area contributed by atoms with Crippen LogP contribution in [0.25, 0.3) is 0 Å². The number of nitrogens with zero attached hydrogens (tertiary/aromatic N) is 3. The number of rotatable bonds is 3. The van der Waals surface area contributed by atoms with E-state index in [1.54, 1.807) is 19.2 Å². The van der Waals surface area contributed by atoms with Crippen LogP contribution in [0.1, 0.15) is 21.6 Å². The molecule has 6 nitrogen and oxygen atoms in total. The molecule has 22 heavy (non-hydrogen) atoms. The van der Waals surface area contributed by atoms with Crippen LogP contribution < -0.4 is 9.64 Å². The summed E-state index contributed by atoms with van der Waals surface area (Å²) < 4.78 is 9.90. The zero-order valence-corrected chi connectivity index (χ0v) is 12.6. The fraction of sp³-hybridized carbons (Fsp3) is 0.312. The Hall–Kier alpha value is -2.63.